The maximum absolute atomic E-state index is 10.8. The second-order valence-corrected chi connectivity index (χ2v) is 5.14. The number of aromatic nitrogens is 1. The van der Waals surface area contributed by atoms with E-state index in [4.69, 9.17) is 14.0 Å². The Kier molecular flexibility index (Phi) is 4.70. The zero-order chi connectivity index (χ0) is 14.5. The Morgan fingerprint density at radius 3 is 2.55 bits per heavy atom. The molecule has 0 aliphatic rings. The van der Waals surface area contributed by atoms with E-state index in [0.717, 1.165) is 11.3 Å². The first-order valence-electron chi connectivity index (χ1n) is 5.94. The summed E-state index contributed by atoms with van der Waals surface area (Å²) >= 11 is -1.96. The SMILES string of the molecule is COc1cc(COc2ccc(S(=O)O)cc2)cc(C)n1. The average Bonchev–Trinajstić information content (AvgIpc) is 2.45. The predicted octanol–water partition coefficient (Wildman–Crippen LogP) is 2.56. The van der Waals surface area contributed by atoms with E-state index in [0.29, 0.717) is 23.1 Å². The number of rotatable bonds is 5. The molecule has 2 aromatic rings. The monoisotopic (exact) mass is 293 g/mol. The summed E-state index contributed by atoms with van der Waals surface area (Å²) in [5.41, 5.74) is 1.80. The summed E-state index contributed by atoms with van der Waals surface area (Å²) in [7, 11) is 1.57. The van der Waals surface area contributed by atoms with Gasteiger partial charge in [0, 0.05) is 11.8 Å². The predicted molar refractivity (Wildman–Crippen MR) is 75.3 cm³/mol. The number of ether oxygens (including phenoxy) is 2. The fraction of sp³-hybridized carbons (Fsp3) is 0.214. The van der Waals surface area contributed by atoms with Crippen molar-refractivity contribution in [3.05, 3.63) is 47.7 Å². The minimum Gasteiger partial charge on any atom is -0.489 e. The van der Waals surface area contributed by atoms with Crippen molar-refractivity contribution in [2.75, 3.05) is 7.11 Å². The number of benzene rings is 1. The van der Waals surface area contributed by atoms with Crippen molar-refractivity contribution in [2.45, 2.75) is 18.4 Å². The van der Waals surface area contributed by atoms with Crippen LogP contribution in [0, 0.1) is 6.92 Å². The van der Waals surface area contributed by atoms with E-state index < -0.39 is 11.1 Å². The molecule has 1 aromatic heterocycles. The minimum absolute atomic E-state index is 0.346. The van der Waals surface area contributed by atoms with Crippen LogP contribution in [0.25, 0.3) is 0 Å². The summed E-state index contributed by atoms with van der Waals surface area (Å²) in [5.74, 6) is 1.18. The third-order valence-corrected chi connectivity index (χ3v) is 3.31. The topological polar surface area (TPSA) is 68.7 Å². The number of methoxy groups -OCH3 is 1. The third kappa shape index (κ3) is 3.79. The molecule has 1 aromatic carbocycles. The Labute approximate surface area is 119 Å². The van der Waals surface area contributed by atoms with Gasteiger partial charge < -0.3 is 14.0 Å². The standard InChI is InChI=1S/C14H15NO4S/c1-10-7-11(8-14(15-10)18-2)9-19-12-3-5-13(6-4-12)20(16)17/h3-8H,9H2,1-2H3,(H,16,17). The van der Waals surface area contributed by atoms with Crippen molar-refractivity contribution >= 4 is 11.1 Å². The number of hydrogen-bond acceptors (Lipinski definition) is 4. The molecule has 1 atom stereocenters. The van der Waals surface area contributed by atoms with Crippen LogP contribution in [0.1, 0.15) is 11.3 Å². The van der Waals surface area contributed by atoms with Gasteiger partial charge in [0.15, 0.2) is 11.1 Å². The molecule has 0 aliphatic heterocycles. The van der Waals surface area contributed by atoms with Crippen LogP contribution in [0.2, 0.25) is 0 Å². The van der Waals surface area contributed by atoms with Gasteiger partial charge in [-0.05, 0) is 42.8 Å². The van der Waals surface area contributed by atoms with Crippen molar-refractivity contribution in [2.24, 2.45) is 0 Å². The molecule has 0 saturated heterocycles. The molecule has 0 fully saturated rings. The van der Waals surface area contributed by atoms with Gasteiger partial charge in [-0.25, -0.2) is 9.19 Å². The second-order valence-electron chi connectivity index (χ2n) is 4.17. The zero-order valence-electron chi connectivity index (χ0n) is 11.2. The van der Waals surface area contributed by atoms with Gasteiger partial charge in [-0.15, -0.1) is 0 Å². The highest BCUT2D eigenvalue weighted by molar-refractivity contribution is 7.79. The van der Waals surface area contributed by atoms with E-state index in [-0.39, 0.29) is 0 Å². The maximum atomic E-state index is 10.8. The van der Waals surface area contributed by atoms with Crippen molar-refractivity contribution in [1.29, 1.82) is 0 Å². The normalized spacial score (nSPS) is 11.9. The fourth-order valence-electron chi connectivity index (χ4n) is 1.71. The van der Waals surface area contributed by atoms with Crippen LogP contribution in [-0.2, 0) is 17.7 Å². The second kappa shape index (κ2) is 6.49. The van der Waals surface area contributed by atoms with Crippen molar-refractivity contribution < 1.29 is 18.2 Å². The molecule has 1 N–H and O–H groups in total. The maximum Gasteiger partial charge on any atom is 0.213 e. The molecule has 0 aliphatic carbocycles. The minimum atomic E-state index is -1.96. The van der Waals surface area contributed by atoms with Crippen LogP contribution < -0.4 is 9.47 Å². The smallest absolute Gasteiger partial charge is 0.213 e. The van der Waals surface area contributed by atoms with Gasteiger partial charge in [0.25, 0.3) is 0 Å². The molecule has 1 unspecified atom stereocenters. The Morgan fingerprint density at radius 1 is 1.25 bits per heavy atom. The van der Waals surface area contributed by atoms with E-state index >= 15 is 0 Å². The first kappa shape index (κ1) is 14.5. The van der Waals surface area contributed by atoms with Crippen LogP contribution >= 0.6 is 0 Å². The molecule has 0 spiro atoms. The highest BCUT2D eigenvalue weighted by Crippen LogP contribution is 2.17. The van der Waals surface area contributed by atoms with Gasteiger partial charge in [-0.1, -0.05) is 0 Å². The number of pyridine rings is 1. The van der Waals surface area contributed by atoms with Crippen LogP contribution in [0.15, 0.2) is 41.3 Å². The molecule has 0 radical (unpaired) electrons. The Hall–Kier alpha value is -1.92. The van der Waals surface area contributed by atoms with Gasteiger partial charge in [0.2, 0.25) is 5.88 Å². The lowest BCUT2D eigenvalue weighted by molar-refractivity contribution is 0.304. The van der Waals surface area contributed by atoms with E-state index in [1.807, 2.05) is 19.1 Å². The third-order valence-electron chi connectivity index (χ3n) is 2.63. The molecular formula is C14H15NO4S. The van der Waals surface area contributed by atoms with E-state index in [2.05, 4.69) is 4.98 Å². The highest BCUT2D eigenvalue weighted by Gasteiger charge is 2.03. The fourth-order valence-corrected chi connectivity index (χ4v) is 2.08. The summed E-state index contributed by atoms with van der Waals surface area (Å²) in [6, 6.07) is 10.2. The average molecular weight is 293 g/mol. The lowest BCUT2D eigenvalue weighted by atomic mass is 10.2. The first-order valence-corrected chi connectivity index (χ1v) is 7.04. The summed E-state index contributed by atoms with van der Waals surface area (Å²) in [6.45, 7) is 2.26. The van der Waals surface area contributed by atoms with E-state index in [1.54, 1.807) is 31.4 Å². The van der Waals surface area contributed by atoms with Gasteiger partial charge in [-0.3, -0.25) is 0 Å². The number of aryl methyl sites for hydroxylation is 1. The molecule has 2 rings (SSSR count). The largest absolute Gasteiger partial charge is 0.489 e. The lowest BCUT2D eigenvalue weighted by Gasteiger charge is -2.08. The molecule has 5 nitrogen and oxygen atoms in total. The molecule has 0 saturated carbocycles. The Bertz CT molecular complexity index is 613. The summed E-state index contributed by atoms with van der Waals surface area (Å²) in [5, 5.41) is 0. The molecular weight excluding hydrogens is 278 g/mol. The highest BCUT2D eigenvalue weighted by atomic mass is 32.2. The summed E-state index contributed by atoms with van der Waals surface area (Å²) in [6.07, 6.45) is 0. The van der Waals surface area contributed by atoms with Gasteiger partial charge in [0.05, 0.1) is 12.0 Å². The summed E-state index contributed by atoms with van der Waals surface area (Å²) < 4.78 is 30.5. The first-order chi connectivity index (χ1) is 9.58. The molecule has 6 heteroatoms. The molecule has 20 heavy (non-hydrogen) atoms. The van der Waals surface area contributed by atoms with Crippen molar-refractivity contribution in [1.82, 2.24) is 4.98 Å². The number of nitrogens with zero attached hydrogens (tertiary/aromatic N) is 1. The molecule has 0 bridgehead atoms. The quantitative estimate of drug-likeness (QED) is 0.858. The van der Waals surface area contributed by atoms with Crippen LogP contribution in [-0.4, -0.2) is 20.9 Å². The molecule has 106 valence electrons. The summed E-state index contributed by atoms with van der Waals surface area (Å²) in [4.78, 5) is 4.55. The van der Waals surface area contributed by atoms with Crippen molar-refractivity contribution in [3.8, 4) is 11.6 Å². The van der Waals surface area contributed by atoms with E-state index in [1.165, 1.54) is 0 Å². The Morgan fingerprint density at radius 2 is 1.95 bits per heavy atom. The van der Waals surface area contributed by atoms with Crippen LogP contribution in [0.3, 0.4) is 0 Å². The zero-order valence-corrected chi connectivity index (χ0v) is 12.0. The van der Waals surface area contributed by atoms with Crippen molar-refractivity contribution in [3.63, 3.8) is 0 Å². The lowest BCUT2D eigenvalue weighted by Crippen LogP contribution is -1.99. The van der Waals surface area contributed by atoms with Gasteiger partial charge >= 0.3 is 0 Å². The van der Waals surface area contributed by atoms with Gasteiger partial charge in [0.1, 0.15) is 12.4 Å². The van der Waals surface area contributed by atoms with E-state index in [9.17, 15) is 4.21 Å². The molecule has 1 heterocycles. The molecule has 0 amide bonds. The van der Waals surface area contributed by atoms with Gasteiger partial charge in [-0.2, -0.15) is 0 Å². The number of hydrogen-bond donors (Lipinski definition) is 1. The van der Waals surface area contributed by atoms with Crippen LogP contribution in [0.5, 0.6) is 11.6 Å². The Balaban J connectivity index is 2.04. The van der Waals surface area contributed by atoms with Crippen LogP contribution in [0.4, 0.5) is 0 Å².